The molecule has 0 spiro atoms. The molecule has 0 aliphatic rings. The number of aromatic nitrogens is 2. The van der Waals surface area contributed by atoms with E-state index in [-0.39, 0.29) is 0 Å². The Kier molecular flexibility index (Phi) is 7.90. The summed E-state index contributed by atoms with van der Waals surface area (Å²) in [6, 6.07) is 6.16. The van der Waals surface area contributed by atoms with Crippen molar-refractivity contribution in [3.05, 3.63) is 28.5 Å². The van der Waals surface area contributed by atoms with Crippen LogP contribution < -0.4 is 0 Å². The van der Waals surface area contributed by atoms with Crippen molar-refractivity contribution in [2.45, 2.75) is 65.7 Å². The van der Waals surface area contributed by atoms with Crippen LogP contribution in [0, 0.1) is 0 Å². The van der Waals surface area contributed by atoms with Gasteiger partial charge in [-0.05, 0) is 24.6 Å². The highest BCUT2D eigenvalue weighted by molar-refractivity contribution is 9.10. The number of benzene rings is 1. The second-order valence-corrected chi connectivity index (χ2v) is 6.24. The predicted molar refractivity (Wildman–Crippen MR) is 92.3 cm³/mol. The third-order valence-electron chi connectivity index (χ3n) is 3.42. The molecule has 1 aromatic heterocycles. The molecule has 0 saturated heterocycles. The number of unbranched alkanes of at least 4 members (excludes halogenated alkanes) is 2. The number of nitrogens with one attached hydrogen (secondary N) is 1. The maximum absolute atomic E-state index is 4.63. The minimum Gasteiger partial charge on any atom is -0.342 e. The Morgan fingerprint density at radius 1 is 1.15 bits per heavy atom. The van der Waals surface area contributed by atoms with Crippen molar-refractivity contribution < 1.29 is 0 Å². The van der Waals surface area contributed by atoms with Crippen LogP contribution in [0.15, 0.2) is 22.7 Å². The molecule has 1 N–H and O–H groups in total. The lowest BCUT2D eigenvalue weighted by Crippen LogP contribution is -1.95. The Morgan fingerprint density at radius 3 is 2.45 bits per heavy atom. The Balaban J connectivity index is 0.000000444. The average molecular weight is 339 g/mol. The monoisotopic (exact) mass is 338 g/mol. The van der Waals surface area contributed by atoms with E-state index in [0.29, 0.717) is 5.92 Å². The van der Waals surface area contributed by atoms with Crippen LogP contribution in [0.4, 0.5) is 0 Å². The number of hydrogen-bond donors (Lipinski definition) is 1. The van der Waals surface area contributed by atoms with E-state index in [1.165, 1.54) is 32.1 Å². The highest BCUT2D eigenvalue weighted by atomic mass is 79.9. The van der Waals surface area contributed by atoms with E-state index >= 15 is 0 Å². The van der Waals surface area contributed by atoms with Crippen LogP contribution in [0.25, 0.3) is 11.0 Å². The normalized spacial score (nSPS) is 12.1. The Morgan fingerprint density at radius 2 is 1.85 bits per heavy atom. The van der Waals surface area contributed by atoms with Crippen LogP contribution in [-0.2, 0) is 0 Å². The molecule has 0 radical (unpaired) electrons. The van der Waals surface area contributed by atoms with Gasteiger partial charge in [0.1, 0.15) is 5.82 Å². The first-order chi connectivity index (χ1) is 9.62. The Bertz CT molecular complexity index is 503. The highest BCUT2D eigenvalue weighted by Crippen LogP contribution is 2.23. The number of H-pyrrole nitrogens is 1. The number of rotatable bonds is 5. The zero-order valence-corrected chi connectivity index (χ0v) is 14.8. The first-order valence-electron chi connectivity index (χ1n) is 7.77. The van der Waals surface area contributed by atoms with E-state index in [0.717, 1.165) is 21.3 Å². The Hall–Kier alpha value is -0.830. The number of aromatic amines is 1. The van der Waals surface area contributed by atoms with Gasteiger partial charge in [0, 0.05) is 10.4 Å². The maximum Gasteiger partial charge on any atom is 0.110 e. The van der Waals surface area contributed by atoms with E-state index in [9.17, 15) is 0 Å². The highest BCUT2D eigenvalue weighted by Gasteiger charge is 2.10. The van der Waals surface area contributed by atoms with Gasteiger partial charge < -0.3 is 4.98 Å². The lowest BCUT2D eigenvalue weighted by Gasteiger charge is -2.06. The third-order valence-corrected chi connectivity index (χ3v) is 3.91. The van der Waals surface area contributed by atoms with Crippen LogP contribution in [0.3, 0.4) is 0 Å². The molecule has 0 unspecified atom stereocenters. The molecule has 1 aromatic carbocycles. The number of nitrogens with zero attached hydrogens (tertiary/aromatic N) is 1. The zero-order valence-electron chi connectivity index (χ0n) is 13.2. The van der Waals surface area contributed by atoms with Crippen molar-refractivity contribution in [2.75, 3.05) is 0 Å². The van der Waals surface area contributed by atoms with Gasteiger partial charge in [-0.15, -0.1) is 0 Å². The van der Waals surface area contributed by atoms with Crippen LogP contribution in [0.1, 0.15) is 71.5 Å². The average Bonchev–Trinajstić information content (AvgIpc) is 2.88. The van der Waals surface area contributed by atoms with Crippen molar-refractivity contribution in [3.8, 4) is 0 Å². The van der Waals surface area contributed by atoms with Gasteiger partial charge in [0.2, 0.25) is 0 Å². The molecule has 2 aromatic rings. The first-order valence-corrected chi connectivity index (χ1v) is 8.56. The van der Waals surface area contributed by atoms with Gasteiger partial charge >= 0.3 is 0 Å². The molecule has 0 fully saturated rings. The Labute approximate surface area is 131 Å². The lowest BCUT2D eigenvalue weighted by atomic mass is 10.0. The lowest BCUT2D eigenvalue weighted by molar-refractivity contribution is 0.602. The minimum absolute atomic E-state index is 0.520. The third kappa shape index (κ3) is 5.28. The van der Waals surface area contributed by atoms with Crippen LogP contribution in [0.2, 0.25) is 0 Å². The second kappa shape index (κ2) is 9.17. The molecule has 0 amide bonds. The summed E-state index contributed by atoms with van der Waals surface area (Å²) in [6.45, 7) is 8.82. The summed E-state index contributed by atoms with van der Waals surface area (Å²) in [5.74, 6) is 1.63. The van der Waals surface area contributed by atoms with E-state index in [2.05, 4.69) is 59.7 Å². The summed E-state index contributed by atoms with van der Waals surface area (Å²) < 4.78 is 1.09. The molecule has 3 heteroatoms. The molecular formula is C17H27BrN2. The van der Waals surface area contributed by atoms with Gasteiger partial charge in [0.15, 0.2) is 0 Å². The number of fused-ring (bicyclic) bond motifs is 1. The van der Waals surface area contributed by atoms with E-state index in [4.69, 9.17) is 0 Å². The smallest absolute Gasteiger partial charge is 0.110 e. The van der Waals surface area contributed by atoms with Gasteiger partial charge in [-0.25, -0.2) is 4.98 Å². The van der Waals surface area contributed by atoms with Gasteiger partial charge in [-0.3, -0.25) is 0 Å². The fourth-order valence-corrected chi connectivity index (χ4v) is 2.24. The summed E-state index contributed by atoms with van der Waals surface area (Å²) >= 11 is 3.47. The minimum atomic E-state index is 0.520. The van der Waals surface area contributed by atoms with Crippen molar-refractivity contribution in [3.63, 3.8) is 0 Å². The fraction of sp³-hybridized carbons (Fsp3) is 0.588. The molecule has 2 rings (SSSR count). The van der Waals surface area contributed by atoms with Gasteiger partial charge in [-0.2, -0.15) is 0 Å². The summed E-state index contributed by atoms with van der Waals surface area (Å²) in [5, 5.41) is 0. The topological polar surface area (TPSA) is 28.7 Å². The van der Waals surface area contributed by atoms with Crippen molar-refractivity contribution in [2.24, 2.45) is 0 Å². The second-order valence-electron chi connectivity index (χ2n) is 5.33. The van der Waals surface area contributed by atoms with Crippen LogP contribution >= 0.6 is 15.9 Å². The number of hydrogen-bond acceptors (Lipinski definition) is 1. The molecule has 1 atom stereocenters. The van der Waals surface area contributed by atoms with E-state index < -0.39 is 0 Å². The first kappa shape index (κ1) is 17.2. The summed E-state index contributed by atoms with van der Waals surface area (Å²) in [7, 11) is 0. The number of imidazole rings is 1. The van der Waals surface area contributed by atoms with Crippen molar-refractivity contribution in [1.29, 1.82) is 0 Å². The molecule has 1 heterocycles. The molecule has 112 valence electrons. The fourth-order valence-electron chi connectivity index (χ4n) is 1.88. The quantitative estimate of drug-likeness (QED) is 0.668. The van der Waals surface area contributed by atoms with Gasteiger partial charge in [-0.1, -0.05) is 69.3 Å². The molecular weight excluding hydrogens is 312 g/mol. The SMILES string of the molecule is CCCC.CCCC[C@H](C)c1nc2ccc(Br)cc2[nH]1. The molecule has 0 aliphatic heterocycles. The van der Waals surface area contributed by atoms with E-state index in [1.807, 2.05) is 12.1 Å². The summed E-state index contributed by atoms with van der Waals surface area (Å²) in [5.41, 5.74) is 2.18. The van der Waals surface area contributed by atoms with Gasteiger partial charge in [0.25, 0.3) is 0 Å². The maximum atomic E-state index is 4.63. The zero-order chi connectivity index (χ0) is 15.0. The summed E-state index contributed by atoms with van der Waals surface area (Å²) in [6.07, 6.45) is 6.36. The molecule has 0 saturated carbocycles. The standard InChI is InChI=1S/C13H17BrN2.C4H10/c1-3-4-5-9(2)13-15-11-7-6-10(14)8-12(11)16-13;1-3-4-2/h6-9H,3-5H2,1-2H3,(H,15,16);3-4H2,1-2H3/t9-;/m0./s1. The van der Waals surface area contributed by atoms with E-state index in [1.54, 1.807) is 0 Å². The molecule has 0 aliphatic carbocycles. The van der Waals surface area contributed by atoms with Crippen LogP contribution in [-0.4, -0.2) is 9.97 Å². The summed E-state index contributed by atoms with van der Waals surface area (Å²) in [4.78, 5) is 8.03. The van der Waals surface area contributed by atoms with Gasteiger partial charge in [0.05, 0.1) is 11.0 Å². The molecule has 2 nitrogen and oxygen atoms in total. The van der Waals surface area contributed by atoms with Crippen LogP contribution in [0.5, 0.6) is 0 Å². The predicted octanol–water partition coefficient (Wildman–Crippen LogP) is 6.43. The van der Waals surface area contributed by atoms with Crippen molar-refractivity contribution >= 4 is 27.0 Å². The number of halogens is 1. The largest absolute Gasteiger partial charge is 0.342 e. The molecule has 20 heavy (non-hydrogen) atoms. The molecule has 0 bridgehead atoms. The van der Waals surface area contributed by atoms with Crippen molar-refractivity contribution in [1.82, 2.24) is 9.97 Å².